The fourth-order valence-corrected chi connectivity index (χ4v) is 2.57. The maximum absolute atomic E-state index is 6.09. The third kappa shape index (κ3) is 3.76. The molecule has 2 rings (SSSR count). The first-order chi connectivity index (χ1) is 9.63. The lowest BCUT2D eigenvalue weighted by Gasteiger charge is -2.12. The van der Waals surface area contributed by atoms with Crippen molar-refractivity contribution in [2.45, 2.75) is 39.3 Å². The Balaban J connectivity index is 2.02. The van der Waals surface area contributed by atoms with Gasteiger partial charge in [-0.3, -0.25) is 4.68 Å². The highest BCUT2D eigenvalue weighted by Gasteiger charge is 2.09. The minimum absolute atomic E-state index is 0.420. The summed E-state index contributed by atoms with van der Waals surface area (Å²) in [6.45, 7) is 4.77. The number of halogens is 2. The van der Waals surface area contributed by atoms with Crippen molar-refractivity contribution in [1.29, 1.82) is 0 Å². The van der Waals surface area contributed by atoms with Gasteiger partial charge in [-0.1, -0.05) is 41.4 Å². The highest BCUT2D eigenvalue weighted by Crippen LogP contribution is 2.28. The molecule has 0 amide bonds. The lowest BCUT2D eigenvalue weighted by Crippen LogP contribution is -2.08. The van der Waals surface area contributed by atoms with Gasteiger partial charge < -0.3 is 4.74 Å². The number of hydrogen-bond donors (Lipinski definition) is 0. The van der Waals surface area contributed by atoms with Crippen molar-refractivity contribution in [3.05, 3.63) is 45.7 Å². The Morgan fingerprint density at radius 2 is 2.05 bits per heavy atom. The van der Waals surface area contributed by atoms with E-state index < -0.39 is 0 Å². The highest BCUT2D eigenvalue weighted by molar-refractivity contribution is 9.10. The van der Waals surface area contributed by atoms with Gasteiger partial charge in [0.15, 0.2) is 0 Å². The molecule has 0 spiro atoms. The van der Waals surface area contributed by atoms with Gasteiger partial charge in [0.05, 0.1) is 16.8 Å². The molecule has 0 saturated heterocycles. The van der Waals surface area contributed by atoms with Gasteiger partial charge in [-0.15, -0.1) is 0 Å². The largest absolute Gasteiger partial charge is 0.486 e. The molecule has 1 heterocycles. The molecule has 0 atom stereocenters. The van der Waals surface area contributed by atoms with Crippen molar-refractivity contribution in [2.24, 2.45) is 0 Å². The summed E-state index contributed by atoms with van der Waals surface area (Å²) in [4.78, 5) is 0. The number of rotatable bonds is 6. The molecule has 0 aliphatic carbocycles. The Morgan fingerprint density at radius 1 is 1.30 bits per heavy atom. The molecule has 5 heteroatoms. The number of aromatic nitrogens is 2. The number of benzene rings is 1. The summed E-state index contributed by atoms with van der Waals surface area (Å²) in [7, 11) is 0. The minimum Gasteiger partial charge on any atom is -0.486 e. The molecule has 1 aromatic heterocycles. The van der Waals surface area contributed by atoms with Crippen molar-refractivity contribution in [3.8, 4) is 5.75 Å². The van der Waals surface area contributed by atoms with Crippen LogP contribution in [0.2, 0.25) is 5.02 Å². The van der Waals surface area contributed by atoms with Crippen LogP contribution in [0.1, 0.15) is 38.4 Å². The van der Waals surface area contributed by atoms with Crippen molar-refractivity contribution < 1.29 is 4.74 Å². The quantitative estimate of drug-likeness (QED) is 0.707. The second-order valence-corrected chi connectivity index (χ2v) is 5.94. The van der Waals surface area contributed by atoms with E-state index >= 15 is 0 Å². The lowest BCUT2D eigenvalue weighted by atomic mass is 10.2. The smallest absolute Gasteiger partial charge is 0.139 e. The van der Waals surface area contributed by atoms with Crippen molar-refractivity contribution >= 4 is 27.5 Å². The van der Waals surface area contributed by atoms with Gasteiger partial charge in [0, 0.05) is 10.7 Å². The Hall–Kier alpha value is -1.00. The summed E-state index contributed by atoms with van der Waals surface area (Å²) in [6.07, 6.45) is 4.17. The van der Waals surface area contributed by atoms with Crippen LogP contribution in [0.5, 0.6) is 5.75 Å². The van der Waals surface area contributed by atoms with Gasteiger partial charge in [-0.25, -0.2) is 0 Å². The van der Waals surface area contributed by atoms with Crippen LogP contribution in [0.3, 0.4) is 0 Å². The van der Waals surface area contributed by atoms with Gasteiger partial charge in [0.2, 0.25) is 0 Å². The lowest BCUT2D eigenvalue weighted by molar-refractivity contribution is 0.297. The molecule has 0 aliphatic rings. The molecule has 0 saturated carbocycles. The van der Waals surface area contributed by atoms with Crippen molar-refractivity contribution in [2.75, 3.05) is 0 Å². The zero-order chi connectivity index (χ0) is 14.5. The molecular formula is C15H18BrClN2O. The van der Waals surface area contributed by atoms with Crippen molar-refractivity contribution in [3.63, 3.8) is 0 Å². The third-order valence-electron chi connectivity index (χ3n) is 3.25. The predicted molar refractivity (Wildman–Crippen MR) is 85.3 cm³/mol. The third-order valence-corrected chi connectivity index (χ3v) is 4.05. The van der Waals surface area contributed by atoms with Gasteiger partial charge >= 0.3 is 0 Å². The SMILES string of the molecule is CCC(CC)n1ccc(COc2cc(Br)ccc2Cl)n1. The van der Waals surface area contributed by atoms with E-state index in [0.717, 1.165) is 23.0 Å². The topological polar surface area (TPSA) is 27.1 Å². The fourth-order valence-electron chi connectivity index (χ4n) is 2.06. The zero-order valence-electron chi connectivity index (χ0n) is 11.6. The molecule has 0 fully saturated rings. The molecule has 0 unspecified atom stereocenters. The summed E-state index contributed by atoms with van der Waals surface area (Å²) in [5.41, 5.74) is 0.910. The monoisotopic (exact) mass is 356 g/mol. The average Bonchev–Trinajstić information content (AvgIpc) is 2.90. The van der Waals surface area contributed by atoms with E-state index in [2.05, 4.69) is 34.9 Å². The van der Waals surface area contributed by atoms with Crippen LogP contribution in [0.4, 0.5) is 0 Å². The minimum atomic E-state index is 0.420. The molecule has 0 aliphatic heterocycles. The maximum Gasteiger partial charge on any atom is 0.139 e. The molecule has 1 aromatic carbocycles. The summed E-state index contributed by atoms with van der Waals surface area (Å²) in [6, 6.07) is 8.00. The second-order valence-electron chi connectivity index (χ2n) is 4.62. The van der Waals surface area contributed by atoms with Gasteiger partial charge in [0.25, 0.3) is 0 Å². The molecule has 0 bridgehead atoms. The molecule has 2 aromatic rings. The predicted octanol–water partition coefficient (Wildman–Crippen LogP) is 5.24. The van der Waals surface area contributed by atoms with Crippen LogP contribution in [0.25, 0.3) is 0 Å². The summed E-state index contributed by atoms with van der Waals surface area (Å²) in [5.74, 6) is 0.665. The van der Waals surface area contributed by atoms with Crippen LogP contribution in [-0.4, -0.2) is 9.78 Å². The van der Waals surface area contributed by atoms with Crippen LogP contribution < -0.4 is 4.74 Å². The first-order valence-corrected chi connectivity index (χ1v) is 7.93. The summed E-state index contributed by atoms with van der Waals surface area (Å²) in [5, 5.41) is 5.16. The number of hydrogen-bond acceptors (Lipinski definition) is 2. The van der Waals surface area contributed by atoms with Gasteiger partial charge in [0.1, 0.15) is 12.4 Å². The molecule has 0 N–H and O–H groups in total. The Kier molecular flexibility index (Phi) is 5.49. The number of nitrogens with zero attached hydrogens (tertiary/aromatic N) is 2. The van der Waals surface area contributed by atoms with E-state index in [-0.39, 0.29) is 0 Å². The van der Waals surface area contributed by atoms with Gasteiger partial charge in [-0.05, 0) is 37.1 Å². The van der Waals surface area contributed by atoms with E-state index in [9.17, 15) is 0 Å². The molecule has 108 valence electrons. The van der Waals surface area contributed by atoms with E-state index in [1.54, 1.807) is 0 Å². The standard InChI is InChI=1S/C15H18BrClN2O/c1-3-13(4-2)19-8-7-12(18-19)10-20-15-9-11(16)5-6-14(15)17/h5-9,13H,3-4,10H2,1-2H3. The molecule has 0 radical (unpaired) electrons. The molecule has 20 heavy (non-hydrogen) atoms. The Bertz CT molecular complexity index is 567. The van der Waals surface area contributed by atoms with Crippen molar-refractivity contribution in [1.82, 2.24) is 9.78 Å². The van der Waals surface area contributed by atoms with Crippen LogP contribution in [-0.2, 0) is 6.61 Å². The van der Waals surface area contributed by atoms with E-state index in [0.29, 0.717) is 23.4 Å². The van der Waals surface area contributed by atoms with E-state index in [1.807, 2.05) is 35.1 Å². The Morgan fingerprint density at radius 3 is 2.75 bits per heavy atom. The van der Waals surface area contributed by atoms with E-state index in [1.165, 1.54) is 0 Å². The highest BCUT2D eigenvalue weighted by atomic mass is 79.9. The number of ether oxygens (including phenoxy) is 1. The zero-order valence-corrected chi connectivity index (χ0v) is 14.0. The molecular weight excluding hydrogens is 340 g/mol. The van der Waals surface area contributed by atoms with E-state index in [4.69, 9.17) is 16.3 Å². The summed E-state index contributed by atoms with van der Waals surface area (Å²) < 4.78 is 8.69. The van der Waals surface area contributed by atoms with Crippen LogP contribution in [0.15, 0.2) is 34.9 Å². The van der Waals surface area contributed by atoms with Crippen LogP contribution in [0, 0.1) is 0 Å². The molecule has 3 nitrogen and oxygen atoms in total. The normalized spacial score (nSPS) is 11.1. The first kappa shape index (κ1) is 15.4. The first-order valence-electron chi connectivity index (χ1n) is 6.76. The fraction of sp³-hybridized carbons (Fsp3) is 0.400. The van der Waals surface area contributed by atoms with Gasteiger partial charge in [-0.2, -0.15) is 5.10 Å². The summed E-state index contributed by atoms with van der Waals surface area (Å²) >= 11 is 9.50. The Labute approximate surface area is 133 Å². The second kappa shape index (κ2) is 7.14. The average molecular weight is 358 g/mol. The maximum atomic E-state index is 6.09. The van der Waals surface area contributed by atoms with Crippen LogP contribution >= 0.6 is 27.5 Å².